The van der Waals surface area contributed by atoms with Gasteiger partial charge in [-0.25, -0.2) is 0 Å². The number of carbonyl (C=O) groups excluding carboxylic acids is 1. The molecule has 14 heavy (non-hydrogen) atoms. The molecule has 0 aromatic heterocycles. The van der Waals surface area contributed by atoms with Crippen molar-refractivity contribution in [3.8, 4) is 5.75 Å². The molecule has 1 unspecified atom stereocenters. The van der Waals surface area contributed by atoms with Gasteiger partial charge >= 0.3 is 0 Å². The van der Waals surface area contributed by atoms with E-state index in [1.54, 1.807) is 18.2 Å². The van der Waals surface area contributed by atoms with Crippen LogP contribution in [0.1, 0.15) is 49.0 Å². The number of phenolic OH excluding ortho intramolecular Hbond substituents is 1. The van der Waals surface area contributed by atoms with E-state index >= 15 is 0 Å². The van der Waals surface area contributed by atoms with Gasteiger partial charge in [-0.15, -0.1) is 0 Å². The topological polar surface area (TPSA) is 37.3 Å². The second-order valence-electron chi connectivity index (χ2n) is 3.64. The van der Waals surface area contributed by atoms with Gasteiger partial charge in [0.05, 0.1) is 0 Å². The minimum atomic E-state index is 0.0366. The first kappa shape index (κ1) is 10.8. The maximum absolute atomic E-state index is 11.1. The standard InChI is InChI=1S/C12H16O2/c1-4-8(2)11-7-10(9(3)13)5-6-12(11)14/h5-8,14H,4H2,1-3H3. The Hall–Kier alpha value is -1.31. The van der Waals surface area contributed by atoms with Crippen LogP contribution in [0.4, 0.5) is 0 Å². The predicted molar refractivity (Wildman–Crippen MR) is 56.8 cm³/mol. The van der Waals surface area contributed by atoms with Crippen molar-refractivity contribution >= 4 is 5.78 Å². The van der Waals surface area contributed by atoms with Crippen LogP contribution in [0.25, 0.3) is 0 Å². The van der Waals surface area contributed by atoms with Crippen molar-refractivity contribution in [1.82, 2.24) is 0 Å². The van der Waals surface area contributed by atoms with Crippen molar-refractivity contribution in [2.75, 3.05) is 0 Å². The van der Waals surface area contributed by atoms with Crippen LogP contribution in [0.2, 0.25) is 0 Å². The van der Waals surface area contributed by atoms with Crippen LogP contribution >= 0.6 is 0 Å². The molecule has 0 spiro atoms. The van der Waals surface area contributed by atoms with Gasteiger partial charge in [-0.3, -0.25) is 4.79 Å². The number of benzene rings is 1. The maximum atomic E-state index is 11.1. The van der Waals surface area contributed by atoms with Gasteiger partial charge in [0.2, 0.25) is 0 Å². The fourth-order valence-corrected chi connectivity index (χ4v) is 1.39. The first-order valence-electron chi connectivity index (χ1n) is 4.90. The minimum absolute atomic E-state index is 0.0366. The molecule has 0 fully saturated rings. The van der Waals surface area contributed by atoms with E-state index in [1.165, 1.54) is 6.92 Å². The molecule has 1 rings (SSSR count). The molecule has 0 aliphatic carbocycles. The fourth-order valence-electron chi connectivity index (χ4n) is 1.39. The Morgan fingerprint density at radius 3 is 2.64 bits per heavy atom. The van der Waals surface area contributed by atoms with Crippen LogP contribution in [0, 0.1) is 0 Å². The Morgan fingerprint density at radius 2 is 2.14 bits per heavy atom. The molecular weight excluding hydrogens is 176 g/mol. The molecule has 0 radical (unpaired) electrons. The van der Waals surface area contributed by atoms with Gasteiger partial charge in [0.15, 0.2) is 5.78 Å². The maximum Gasteiger partial charge on any atom is 0.159 e. The van der Waals surface area contributed by atoms with Crippen LogP contribution in [-0.2, 0) is 0 Å². The quantitative estimate of drug-likeness (QED) is 0.747. The lowest BCUT2D eigenvalue weighted by Gasteiger charge is -2.11. The Bertz CT molecular complexity index is 342. The number of carbonyl (C=O) groups is 1. The smallest absolute Gasteiger partial charge is 0.159 e. The molecule has 1 aromatic carbocycles. The van der Waals surface area contributed by atoms with Gasteiger partial charge < -0.3 is 5.11 Å². The van der Waals surface area contributed by atoms with Crippen molar-refractivity contribution in [3.05, 3.63) is 29.3 Å². The van der Waals surface area contributed by atoms with Crippen LogP contribution in [0.5, 0.6) is 5.75 Å². The molecule has 1 aromatic rings. The van der Waals surface area contributed by atoms with E-state index in [4.69, 9.17) is 0 Å². The van der Waals surface area contributed by atoms with Gasteiger partial charge in [0.1, 0.15) is 5.75 Å². The monoisotopic (exact) mass is 192 g/mol. The third kappa shape index (κ3) is 2.13. The molecule has 1 atom stereocenters. The number of aromatic hydroxyl groups is 1. The van der Waals surface area contributed by atoms with E-state index < -0.39 is 0 Å². The first-order chi connectivity index (χ1) is 6.56. The van der Waals surface area contributed by atoms with Crippen LogP contribution in [0.15, 0.2) is 18.2 Å². The van der Waals surface area contributed by atoms with E-state index in [9.17, 15) is 9.90 Å². The molecule has 0 amide bonds. The third-order valence-corrected chi connectivity index (χ3v) is 2.58. The molecule has 2 heteroatoms. The number of ketones is 1. The molecule has 0 saturated heterocycles. The number of Topliss-reactive ketones (excluding diaryl/α,β-unsaturated/α-hetero) is 1. The molecule has 0 aliphatic rings. The minimum Gasteiger partial charge on any atom is -0.508 e. The zero-order valence-corrected chi connectivity index (χ0v) is 8.87. The summed E-state index contributed by atoms with van der Waals surface area (Å²) in [6.45, 7) is 5.64. The lowest BCUT2D eigenvalue weighted by atomic mass is 9.95. The number of hydrogen-bond donors (Lipinski definition) is 1. The first-order valence-corrected chi connectivity index (χ1v) is 4.90. The Balaban J connectivity index is 3.14. The largest absolute Gasteiger partial charge is 0.508 e. The molecule has 76 valence electrons. The van der Waals surface area contributed by atoms with Crippen molar-refractivity contribution in [1.29, 1.82) is 0 Å². The summed E-state index contributed by atoms with van der Waals surface area (Å²) in [5.41, 5.74) is 1.53. The predicted octanol–water partition coefficient (Wildman–Crippen LogP) is 3.11. The molecule has 1 N–H and O–H groups in total. The van der Waals surface area contributed by atoms with Gasteiger partial charge in [0.25, 0.3) is 0 Å². The van der Waals surface area contributed by atoms with E-state index in [0.29, 0.717) is 5.56 Å². The van der Waals surface area contributed by atoms with Gasteiger partial charge in [-0.2, -0.15) is 0 Å². The van der Waals surface area contributed by atoms with Gasteiger partial charge in [-0.05, 0) is 43.0 Å². The van der Waals surface area contributed by atoms with Crippen molar-refractivity contribution in [3.63, 3.8) is 0 Å². The lowest BCUT2D eigenvalue weighted by molar-refractivity contribution is 0.101. The summed E-state index contributed by atoms with van der Waals surface area (Å²) in [6.07, 6.45) is 0.953. The average molecular weight is 192 g/mol. The highest BCUT2D eigenvalue weighted by Crippen LogP contribution is 2.28. The van der Waals surface area contributed by atoms with Crippen molar-refractivity contribution < 1.29 is 9.90 Å². The second-order valence-corrected chi connectivity index (χ2v) is 3.64. The summed E-state index contributed by atoms with van der Waals surface area (Å²) in [5.74, 6) is 0.605. The highest BCUT2D eigenvalue weighted by Gasteiger charge is 2.10. The Morgan fingerprint density at radius 1 is 1.50 bits per heavy atom. The third-order valence-electron chi connectivity index (χ3n) is 2.58. The van der Waals surface area contributed by atoms with Crippen LogP contribution < -0.4 is 0 Å². The summed E-state index contributed by atoms with van der Waals surface area (Å²) in [4.78, 5) is 11.1. The highest BCUT2D eigenvalue weighted by molar-refractivity contribution is 5.94. The highest BCUT2D eigenvalue weighted by atomic mass is 16.3. The van der Waals surface area contributed by atoms with Crippen molar-refractivity contribution in [2.45, 2.75) is 33.1 Å². The van der Waals surface area contributed by atoms with E-state index in [2.05, 4.69) is 6.92 Å². The van der Waals surface area contributed by atoms with E-state index in [-0.39, 0.29) is 17.5 Å². The van der Waals surface area contributed by atoms with E-state index in [1.807, 2.05) is 6.92 Å². The zero-order valence-electron chi connectivity index (χ0n) is 8.87. The SMILES string of the molecule is CCC(C)c1cc(C(C)=O)ccc1O. The summed E-state index contributed by atoms with van der Waals surface area (Å²) in [6, 6.07) is 5.04. The van der Waals surface area contributed by atoms with Crippen LogP contribution in [-0.4, -0.2) is 10.9 Å². The van der Waals surface area contributed by atoms with Crippen LogP contribution in [0.3, 0.4) is 0 Å². The van der Waals surface area contributed by atoms with E-state index in [0.717, 1.165) is 12.0 Å². The van der Waals surface area contributed by atoms with Gasteiger partial charge in [-0.1, -0.05) is 13.8 Å². The van der Waals surface area contributed by atoms with Gasteiger partial charge in [0, 0.05) is 5.56 Å². The number of phenols is 1. The second kappa shape index (κ2) is 4.27. The molecule has 0 aliphatic heterocycles. The number of rotatable bonds is 3. The molecule has 0 saturated carbocycles. The van der Waals surface area contributed by atoms with Crippen molar-refractivity contribution in [2.24, 2.45) is 0 Å². The molecule has 2 nitrogen and oxygen atoms in total. The molecular formula is C12H16O2. The molecule has 0 bridgehead atoms. The summed E-state index contributed by atoms with van der Waals surface area (Å²) in [5, 5.41) is 9.61. The number of hydrogen-bond acceptors (Lipinski definition) is 2. The zero-order chi connectivity index (χ0) is 10.7. The normalized spacial score (nSPS) is 12.5. The average Bonchev–Trinajstić information content (AvgIpc) is 2.17. The summed E-state index contributed by atoms with van der Waals surface area (Å²) >= 11 is 0. The Kier molecular flexibility index (Phi) is 3.28. The molecule has 0 heterocycles. The Labute approximate surface area is 84.6 Å². The lowest BCUT2D eigenvalue weighted by Crippen LogP contribution is -1.97. The summed E-state index contributed by atoms with van der Waals surface area (Å²) < 4.78 is 0. The fraction of sp³-hybridized carbons (Fsp3) is 0.417. The summed E-state index contributed by atoms with van der Waals surface area (Å²) in [7, 11) is 0.